The topological polar surface area (TPSA) is 38.3 Å². The molecule has 0 aliphatic carbocycles. The van der Waals surface area contributed by atoms with Crippen LogP contribution in [0.1, 0.15) is 19.4 Å². The van der Waals surface area contributed by atoms with E-state index in [1.807, 2.05) is 32.0 Å². The molecule has 3 nitrogen and oxygen atoms in total. The summed E-state index contributed by atoms with van der Waals surface area (Å²) in [5, 5.41) is 3.30. The van der Waals surface area contributed by atoms with Crippen LogP contribution < -0.4 is 5.32 Å². The number of carbonyl (C=O) groups is 1. The van der Waals surface area contributed by atoms with E-state index < -0.39 is 0 Å². The molecule has 3 heteroatoms. The molecular weight excluding hydrogens is 214 g/mol. The first-order chi connectivity index (χ1) is 8.15. The van der Waals surface area contributed by atoms with Gasteiger partial charge in [0.1, 0.15) is 0 Å². The van der Waals surface area contributed by atoms with E-state index >= 15 is 0 Å². The SMILES string of the molecule is COC(=O)C(CNCc1ccccc1)C(C)C. The second kappa shape index (κ2) is 7.07. The van der Waals surface area contributed by atoms with Crippen LogP contribution in [0.4, 0.5) is 0 Å². The van der Waals surface area contributed by atoms with Crippen molar-refractivity contribution in [1.82, 2.24) is 5.32 Å². The molecule has 0 amide bonds. The molecule has 0 radical (unpaired) electrons. The molecule has 1 N–H and O–H groups in total. The van der Waals surface area contributed by atoms with Gasteiger partial charge in [0.25, 0.3) is 0 Å². The van der Waals surface area contributed by atoms with Crippen molar-refractivity contribution >= 4 is 5.97 Å². The molecule has 1 atom stereocenters. The van der Waals surface area contributed by atoms with Gasteiger partial charge in [-0.25, -0.2) is 0 Å². The maximum atomic E-state index is 11.5. The molecule has 94 valence electrons. The van der Waals surface area contributed by atoms with Gasteiger partial charge in [-0.05, 0) is 11.5 Å². The quantitative estimate of drug-likeness (QED) is 0.768. The summed E-state index contributed by atoms with van der Waals surface area (Å²) in [6, 6.07) is 10.1. The predicted octanol–water partition coefficient (Wildman–Crippen LogP) is 2.22. The van der Waals surface area contributed by atoms with Crippen molar-refractivity contribution < 1.29 is 9.53 Å². The molecule has 0 heterocycles. The lowest BCUT2D eigenvalue weighted by atomic mass is 9.96. The Morgan fingerprint density at radius 1 is 1.29 bits per heavy atom. The fourth-order valence-corrected chi connectivity index (χ4v) is 1.71. The van der Waals surface area contributed by atoms with Gasteiger partial charge in [0, 0.05) is 13.1 Å². The Labute approximate surface area is 103 Å². The van der Waals surface area contributed by atoms with E-state index in [1.54, 1.807) is 0 Å². The molecule has 0 aromatic heterocycles. The molecular formula is C14H21NO2. The minimum Gasteiger partial charge on any atom is -0.469 e. The first-order valence-electron chi connectivity index (χ1n) is 5.97. The summed E-state index contributed by atoms with van der Waals surface area (Å²) in [5.74, 6) is 0.0648. The van der Waals surface area contributed by atoms with Crippen molar-refractivity contribution in [3.8, 4) is 0 Å². The van der Waals surface area contributed by atoms with Crippen molar-refractivity contribution in [2.45, 2.75) is 20.4 Å². The van der Waals surface area contributed by atoms with E-state index in [-0.39, 0.29) is 17.8 Å². The van der Waals surface area contributed by atoms with Gasteiger partial charge in [-0.3, -0.25) is 4.79 Å². The monoisotopic (exact) mass is 235 g/mol. The highest BCUT2D eigenvalue weighted by molar-refractivity contribution is 5.72. The summed E-state index contributed by atoms with van der Waals surface area (Å²) in [7, 11) is 1.44. The van der Waals surface area contributed by atoms with Gasteiger partial charge in [0.05, 0.1) is 13.0 Å². The summed E-state index contributed by atoms with van der Waals surface area (Å²) in [5.41, 5.74) is 1.22. The molecule has 1 rings (SSSR count). The summed E-state index contributed by atoms with van der Waals surface area (Å²) in [4.78, 5) is 11.5. The molecule has 0 aliphatic rings. The second-order valence-corrected chi connectivity index (χ2v) is 4.49. The van der Waals surface area contributed by atoms with Crippen LogP contribution >= 0.6 is 0 Å². The van der Waals surface area contributed by atoms with Crippen LogP contribution in [-0.4, -0.2) is 19.6 Å². The number of carbonyl (C=O) groups excluding carboxylic acids is 1. The Balaban J connectivity index is 2.40. The summed E-state index contributed by atoms with van der Waals surface area (Å²) >= 11 is 0. The lowest BCUT2D eigenvalue weighted by Crippen LogP contribution is -2.32. The largest absolute Gasteiger partial charge is 0.469 e. The predicted molar refractivity (Wildman–Crippen MR) is 68.5 cm³/mol. The van der Waals surface area contributed by atoms with Gasteiger partial charge >= 0.3 is 5.97 Å². The highest BCUT2D eigenvalue weighted by atomic mass is 16.5. The molecule has 0 spiro atoms. The number of ether oxygens (including phenoxy) is 1. The van der Waals surface area contributed by atoms with Crippen molar-refractivity contribution in [3.05, 3.63) is 35.9 Å². The van der Waals surface area contributed by atoms with Crippen LogP contribution in [0.15, 0.2) is 30.3 Å². The Bertz CT molecular complexity index is 335. The van der Waals surface area contributed by atoms with Crippen LogP contribution in [0, 0.1) is 11.8 Å². The van der Waals surface area contributed by atoms with Crippen LogP contribution in [0.2, 0.25) is 0 Å². The third-order valence-electron chi connectivity index (χ3n) is 2.84. The zero-order chi connectivity index (χ0) is 12.7. The first kappa shape index (κ1) is 13.7. The van der Waals surface area contributed by atoms with E-state index in [9.17, 15) is 4.79 Å². The van der Waals surface area contributed by atoms with Crippen LogP contribution in [-0.2, 0) is 16.1 Å². The lowest BCUT2D eigenvalue weighted by Gasteiger charge is -2.18. The summed E-state index contributed by atoms with van der Waals surface area (Å²) in [6.07, 6.45) is 0. The number of rotatable bonds is 6. The van der Waals surface area contributed by atoms with Gasteiger partial charge in [-0.1, -0.05) is 44.2 Å². The number of methoxy groups -OCH3 is 1. The zero-order valence-corrected chi connectivity index (χ0v) is 10.8. The fourth-order valence-electron chi connectivity index (χ4n) is 1.71. The summed E-state index contributed by atoms with van der Waals surface area (Å²) < 4.78 is 4.80. The second-order valence-electron chi connectivity index (χ2n) is 4.49. The van der Waals surface area contributed by atoms with Gasteiger partial charge in [-0.15, -0.1) is 0 Å². The zero-order valence-electron chi connectivity index (χ0n) is 10.8. The molecule has 0 fully saturated rings. The molecule has 0 bridgehead atoms. The average molecular weight is 235 g/mol. The fraction of sp³-hybridized carbons (Fsp3) is 0.500. The Hall–Kier alpha value is -1.35. The maximum absolute atomic E-state index is 11.5. The minimum atomic E-state index is -0.138. The van der Waals surface area contributed by atoms with Gasteiger partial charge in [0.2, 0.25) is 0 Å². The van der Waals surface area contributed by atoms with E-state index in [1.165, 1.54) is 12.7 Å². The van der Waals surface area contributed by atoms with Crippen LogP contribution in [0.5, 0.6) is 0 Å². The van der Waals surface area contributed by atoms with E-state index in [4.69, 9.17) is 4.74 Å². The maximum Gasteiger partial charge on any atom is 0.310 e. The highest BCUT2D eigenvalue weighted by Crippen LogP contribution is 2.11. The Morgan fingerprint density at radius 3 is 2.47 bits per heavy atom. The Morgan fingerprint density at radius 2 is 1.94 bits per heavy atom. The van der Waals surface area contributed by atoms with Gasteiger partial charge < -0.3 is 10.1 Å². The standard InChI is InChI=1S/C14H21NO2/c1-11(2)13(14(16)17-3)10-15-9-12-7-5-4-6-8-12/h4-8,11,13,15H,9-10H2,1-3H3. The normalized spacial score (nSPS) is 12.5. The van der Waals surface area contributed by atoms with E-state index in [2.05, 4.69) is 17.4 Å². The molecule has 1 aromatic rings. The molecule has 0 saturated heterocycles. The number of hydrogen-bond acceptors (Lipinski definition) is 3. The average Bonchev–Trinajstić information content (AvgIpc) is 2.34. The molecule has 17 heavy (non-hydrogen) atoms. The number of hydrogen-bond donors (Lipinski definition) is 1. The number of benzene rings is 1. The van der Waals surface area contributed by atoms with E-state index in [0.717, 1.165) is 6.54 Å². The van der Waals surface area contributed by atoms with Crippen molar-refractivity contribution in [3.63, 3.8) is 0 Å². The molecule has 0 aliphatic heterocycles. The van der Waals surface area contributed by atoms with Crippen molar-refractivity contribution in [2.24, 2.45) is 11.8 Å². The number of esters is 1. The number of nitrogens with one attached hydrogen (secondary N) is 1. The molecule has 0 saturated carbocycles. The van der Waals surface area contributed by atoms with Crippen LogP contribution in [0.25, 0.3) is 0 Å². The summed E-state index contributed by atoms with van der Waals surface area (Å²) in [6.45, 7) is 5.50. The smallest absolute Gasteiger partial charge is 0.310 e. The van der Waals surface area contributed by atoms with Gasteiger partial charge in [0.15, 0.2) is 0 Å². The molecule has 1 unspecified atom stereocenters. The molecule has 1 aromatic carbocycles. The third kappa shape index (κ3) is 4.57. The highest BCUT2D eigenvalue weighted by Gasteiger charge is 2.22. The first-order valence-corrected chi connectivity index (χ1v) is 5.97. The van der Waals surface area contributed by atoms with Crippen molar-refractivity contribution in [2.75, 3.05) is 13.7 Å². The van der Waals surface area contributed by atoms with Gasteiger partial charge in [-0.2, -0.15) is 0 Å². The van der Waals surface area contributed by atoms with Crippen LogP contribution in [0.3, 0.4) is 0 Å². The third-order valence-corrected chi connectivity index (χ3v) is 2.84. The minimum absolute atomic E-state index is 0.0799. The Kier molecular flexibility index (Phi) is 5.70. The van der Waals surface area contributed by atoms with Crippen molar-refractivity contribution in [1.29, 1.82) is 0 Å². The lowest BCUT2D eigenvalue weighted by molar-refractivity contribution is -0.146. The van der Waals surface area contributed by atoms with E-state index in [0.29, 0.717) is 6.54 Å².